The quantitative estimate of drug-likeness (QED) is 0.795. The van der Waals surface area contributed by atoms with Crippen LogP contribution < -0.4 is 10.1 Å². The zero-order chi connectivity index (χ0) is 17.5. The number of amides is 1. The lowest BCUT2D eigenvalue weighted by Crippen LogP contribution is -2.29. The molecule has 0 aliphatic carbocycles. The number of nitrogens with zero attached hydrogens (tertiary/aromatic N) is 1. The molecule has 0 radical (unpaired) electrons. The average molecular weight is 326 g/mol. The fourth-order valence-corrected chi connectivity index (χ4v) is 2.40. The van der Waals surface area contributed by atoms with Crippen molar-refractivity contribution >= 4 is 17.4 Å². The van der Waals surface area contributed by atoms with Crippen LogP contribution in [-0.2, 0) is 11.3 Å². The Labute approximate surface area is 142 Å². The molecule has 0 spiro atoms. The molecule has 0 aliphatic rings. The molecule has 24 heavy (non-hydrogen) atoms. The predicted octanol–water partition coefficient (Wildman–Crippen LogP) is 2.97. The molecule has 5 nitrogen and oxygen atoms in total. The highest BCUT2D eigenvalue weighted by molar-refractivity contribution is 5.97. The van der Waals surface area contributed by atoms with Crippen LogP contribution in [0.25, 0.3) is 0 Å². The largest absolute Gasteiger partial charge is 0.497 e. The Morgan fingerprint density at radius 2 is 1.88 bits per heavy atom. The Balaban J connectivity index is 1.91. The van der Waals surface area contributed by atoms with Gasteiger partial charge in [-0.2, -0.15) is 0 Å². The van der Waals surface area contributed by atoms with Crippen molar-refractivity contribution in [2.24, 2.45) is 0 Å². The Morgan fingerprint density at radius 1 is 1.12 bits per heavy atom. The summed E-state index contributed by atoms with van der Waals surface area (Å²) in [6.07, 6.45) is 0. The van der Waals surface area contributed by atoms with Crippen molar-refractivity contribution < 1.29 is 14.3 Å². The molecule has 1 N–H and O–H groups in total. The van der Waals surface area contributed by atoms with Crippen molar-refractivity contribution in [3.63, 3.8) is 0 Å². The number of hydrogen-bond donors (Lipinski definition) is 1. The van der Waals surface area contributed by atoms with E-state index in [2.05, 4.69) is 5.32 Å². The Hall–Kier alpha value is -2.66. The van der Waals surface area contributed by atoms with Crippen LogP contribution in [-0.4, -0.2) is 37.3 Å². The summed E-state index contributed by atoms with van der Waals surface area (Å²) in [5, 5.41) is 2.82. The van der Waals surface area contributed by atoms with Gasteiger partial charge in [0.2, 0.25) is 5.91 Å². The molecule has 2 rings (SSSR count). The van der Waals surface area contributed by atoms with E-state index in [0.29, 0.717) is 17.8 Å². The molecule has 126 valence electrons. The smallest absolute Gasteiger partial charge is 0.238 e. The molecule has 2 aromatic carbocycles. The average Bonchev–Trinajstić information content (AvgIpc) is 2.54. The van der Waals surface area contributed by atoms with Crippen molar-refractivity contribution in [2.45, 2.75) is 13.5 Å². The van der Waals surface area contributed by atoms with E-state index in [1.165, 1.54) is 6.92 Å². The maximum Gasteiger partial charge on any atom is 0.238 e. The van der Waals surface area contributed by atoms with Crippen LogP contribution in [0.5, 0.6) is 5.75 Å². The number of hydrogen-bond acceptors (Lipinski definition) is 4. The van der Waals surface area contributed by atoms with E-state index < -0.39 is 0 Å². The van der Waals surface area contributed by atoms with Gasteiger partial charge in [-0.25, -0.2) is 0 Å². The first kappa shape index (κ1) is 17.7. The Bertz CT molecular complexity index is 728. The molecule has 0 heterocycles. The fourth-order valence-electron chi connectivity index (χ4n) is 2.40. The molecule has 0 atom stereocenters. The van der Waals surface area contributed by atoms with Gasteiger partial charge in [-0.05, 0) is 43.8 Å². The van der Waals surface area contributed by atoms with E-state index >= 15 is 0 Å². The first-order chi connectivity index (χ1) is 11.5. The highest BCUT2D eigenvalue weighted by Gasteiger charge is 2.09. The zero-order valence-electron chi connectivity index (χ0n) is 14.2. The van der Waals surface area contributed by atoms with E-state index in [-0.39, 0.29) is 18.2 Å². The molecule has 0 saturated heterocycles. The highest BCUT2D eigenvalue weighted by atomic mass is 16.5. The number of Topliss-reactive ketones (excluding diaryl/α,β-unsaturated/α-hetero) is 1. The zero-order valence-corrected chi connectivity index (χ0v) is 14.2. The summed E-state index contributed by atoms with van der Waals surface area (Å²) < 4.78 is 5.20. The van der Waals surface area contributed by atoms with Gasteiger partial charge in [0.1, 0.15) is 5.75 Å². The molecule has 0 aliphatic heterocycles. The maximum absolute atomic E-state index is 12.2. The van der Waals surface area contributed by atoms with Crippen molar-refractivity contribution in [1.82, 2.24) is 4.90 Å². The SMILES string of the molecule is COc1cccc(CN(C)CC(=O)Nc2cccc(C(C)=O)c2)c1. The second-order valence-corrected chi connectivity index (χ2v) is 5.71. The molecule has 0 unspecified atom stereocenters. The molecule has 0 bridgehead atoms. The molecule has 0 fully saturated rings. The highest BCUT2D eigenvalue weighted by Crippen LogP contribution is 2.14. The number of anilines is 1. The summed E-state index contributed by atoms with van der Waals surface area (Å²) in [6, 6.07) is 14.7. The number of ether oxygens (including phenoxy) is 1. The summed E-state index contributed by atoms with van der Waals surface area (Å²) in [4.78, 5) is 25.5. The van der Waals surface area contributed by atoms with Crippen LogP contribution in [0, 0.1) is 0 Å². The van der Waals surface area contributed by atoms with Crippen molar-refractivity contribution in [1.29, 1.82) is 0 Å². The third kappa shape index (κ3) is 5.21. The van der Waals surface area contributed by atoms with Gasteiger partial charge in [-0.15, -0.1) is 0 Å². The molecular formula is C19H22N2O3. The summed E-state index contributed by atoms with van der Waals surface area (Å²) in [5.74, 6) is 0.647. The number of nitrogens with one attached hydrogen (secondary N) is 1. The lowest BCUT2D eigenvalue weighted by molar-refractivity contribution is -0.117. The minimum atomic E-state index is -0.124. The number of carbonyl (C=O) groups excluding carboxylic acids is 2. The third-order valence-electron chi connectivity index (χ3n) is 3.55. The maximum atomic E-state index is 12.2. The van der Waals surface area contributed by atoms with Gasteiger partial charge in [-0.1, -0.05) is 24.3 Å². The fraction of sp³-hybridized carbons (Fsp3) is 0.263. The molecule has 1 amide bonds. The van der Waals surface area contributed by atoms with Crippen molar-refractivity contribution in [3.05, 3.63) is 59.7 Å². The topological polar surface area (TPSA) is 58.6 Å². The molecule has 0 aromatic heterocycles. The van der Waals surface area contributed by atoms with E-state index in [9.17, 15) is 9.59 Å². The van der Waals surface area contributed by atoms with Gasteiger partial charge in [0, 0.05) is 17.8 Å². The van der Waals surface area contributed by atoms with E-state index in [4.69, 9.17) is 4.74 Å². The van der Waals surface area contributed by atoms with Gasteiger partial charge in [-0.3, -0.25) is 14.5 Å². The number of rotatable bonds is 7. The number of methoxy groups -OCH3 is 1. The number of ketones is 1. The minimum Gasteiger partial charge on any atom is -0.497 e. The van der Waals surface area contributed by atoms with Gasteiger partial charge >= 0.3 is 0 Å². The summed E-state index contributed by atoms with van der Waals surface area (Å²) >= 11 is 0. The second kappa shape index (κ2) is 8.26. The van der Waals surface area contributed by atoms with Crippen LogP contribution >= 0.6 is 0 Å². The lowest BCUT2D eigenvalue weighted by atomic mass is 10.1. The molecular weight excluding hydrogens is 304 g/mol. The van der Waals surface area contributed by atoms with E-state index in [1.807, 2.05) is 36.2 Å². The van der Waals surface area contributed by atoms with Gasteiger partial charge in [0.05, 0.1) is 13.7 Å². The first-order valence-electron chi connectivity index (χ1n) is 7.70. The normalized spacial score (nSPS) is 10.5. The third-order valence-corrected chi connectivity index (χ3v) is 3.55. The number of benzene rings is 2. The van der Waals surface area contributed by atoms with E-state index in [0.717, 1.165) is 11.3 Å². The van der Waals surface area contributed by atoms with Crippen LogP contribution in [0.3, 0.4) is 0 Å². The molecule has 5 heteroatoms. The van der Waals surface area contributed by atoms with Crippen molar-refractivity contribution in [3.8, 4) is 5.75 Å². The number of likely N-dealkylation sites (N-methyl/N-ethyl adjacent to an activating group) is 1. The minimum absolute atomic E-state index is 0.0266. The molecule has 2 aromatic rings. The van der Waals surface area contributed by atoms with Gasteiger partial charge < -0.3 is 10.1 Å². The van der Waals surface area contributed by atoms with Crippen LogP contribution in [0.2, 0.25) is 0 Å². The van der Waals surface area contributed by atoms with Crippen LogP contribution in [0.4, 0.5) is 5.69 Å². The lowest BCUT2D eigenvalue weighted by Gasteiger charge is -2.17. The predicted molar refractivity (Wildman–Crippen MR) is 94.4 cm³/mol. The van der Waals surface area contributed by atoms with E-state index in [1.54, 1.807) is 31.4 Å². The Kier molecular flexibility index (Phi) is 6.09. The summed E-state index contributed by atoms with van der Waals surface area (Å²) in [6.45, 7) is 2.39. The monoisotopic (exact) mass is 326 g/mol. The Morgan fingerprint density at radius 3 is 2.58 bits per heavy atom. The molecule has 0 saturated carbocycles. The standard InChI is InChI=1S/C19H22N2O3/c1-14(22)16-7-5-8-17(11-16)20-19(23)13-21(2)12-15-6-4-9-18(10-15)24-3/h4-11H,12-13H2,1-3H3,(H,20,23). The second-order valence-electron chi connectivity index (χ2n) is 5.71. The van der Waals surface area contributed by atoms with Crippen molar-refractivity contribution in [2.75, 3.05) is 26.0 Å². The first-order valence-corrected chi connectivity index (χ1v) is 7.70. The van der Waals surface area contributed by atoms with Crippen LogP contribution in [0.1, 0.15) is 22.8 Å². The number of carbonyl (C=O) groups is 2. The summed E-state index contributed by atoms with van der Waals surface area (Å²) in [5.41, 5.74) is 2.28. The van der Waals surface area contributed by atoms with Gasteiger partial charge in [0.25, 0.3) is 0 Å². The van der Waals surface area contributed by atoms with Crippen LogP contribution in [0.15, 0.2) is 48.5 Å². The van der Waals surface area contributed by atoms with Gasteiger partial charge in [0.15, 0.2) is 5.78 Å². The summed E-state index contributed by atoms with van der Waals surface area (Å²) in [7, 11) is 3.51.